The number of benzene rings is 1. The molecule has 2 aromatic rings. The van der Waals surface area contributed by atoms with Crippen molar-refractivity contribution in [2.24, 2.45) is 5.14 Å². The summed E-state index contributed by atoms with van der Waals surface area (Å²) in [6.07, 6.45) is 2.48. The van der Waals surface area contributed by atoms with Crippen LogP contribution in [0.3, 0.4) is 0 Å². The summed E-state index contributed by atoms with van der Waals surface area (Å²) in [5.74, 6) is -1.65. The molecule has 0 radical (unpaired) electrons. The smallest absolute Gasteiger partial charge is 0.261 e. The molecular formula is C12H10FN3O4S. The molecule has 21 heavy (non-hydrogen) atoms. The fourth-order valence-corrected chi connectivity index (χ4v) is 2.31. The first-order valence-corrected chi connectivity index (χ1v) is 7.14. The average Bonchev–Trinajstić information content (AvgIpc) is 2.37. The molecule has 1 aromatic heterocycles. The van der Waals surface area contributed by atoms with Gasteiger partial charge in [-0.05, 0) is 18.2 Å². The van der Waals surface area contributed by atoms with E-state index >= 15 is 0 Å². The Labute approximate surface area is 118 Å². The summed E-state index contributed by atoms with van der Waals surface area (Å²) >= 11 is 0. The number of amides is 1. The van der Waals surface area contributed by atoms with Crippen LogP contribution >= 0.6 is 0 Å². The molecule has 4 N–H and O–H groups in total. The zero-order chi connectivity index (χ0) is 15.6. The molecule has 1 aromatic carbocycles. The predicted octanol–water partition coefficient (Wildman–Crippen LogP) is 0.414. The highest BCUT2D eigenvalue weighted by Gasteiger charge is 2.18. The summed E-state index contributed by atoms with van der Waals surface area (Å²) in [6.45, 7) is 0. The van der Waals surface area contributed by atoms with Gasteiger partial charge in [-0.25, -0.2) is 17.9 Å². The zero-order valence-corrected chi connectivity index (χ0v) is 11.3. The van der Waals surface area contributed by atoms with Crippen LogP contribution in [-0.4, -0.2) is 19.3 Å². The van der Waals surface area contributed by atoms with Crippen LogP contribution < -0.4 is 15.9 Å². The molecule has 0 saturated carbocycles. The van der Waals surface area contributed by atoms with Crippen LogP contribution in [0.4, 0.5) is 10.1 Å². The van der Waals surface area contributed by atoms with Crippen LogP contribution in [0.2, 0.25) is 0 Å². The molecule has 1 heterocycles. The number of hydrogen-bond donors (Lipinski definition) is 3. The Balaban J connectivity index is 2.45. The quantitative estimate of drug-likeness (QED) is 0.760. The van der Waals surface area contributed by atoms with E-state index in [0.29, 0.717) is 0 Å². The summed E-state index contributed by atoms with van der Waals surface area (Å²) in [6, 6.07) is 3.75. The first kappa shape index (κ1) is 14.9. The lowest BCUT2D eigenvalue weighted by atomic mass is 10.2. The Hall–Kier alpha value is -2.52. The third kappa shape index (κ3) is 3.33. The lowest BCUT2D eigenvalue weighted by molar-refractivity contribution is 0.102. The van der Waals surface area contributed by atoms with E-state index in [0.717, 1.165) is 30.5 Å². The molecule has 1 amide bonds. The number of aromatic amines is 1. The second-order valence-electron chi connectivity index (χ2n) is 4.06. The zero-order valence-electron chi connectivity index (χ0n) is 10.5. The van der Waals surface area contributed by atoms with Gasteiger partial charge in [-0.2, -0.15) is 0 Å². The van der Waals surface area contributed by atoms with Gasteiger partial charge in [0, 0.05) is 18.5 Å². The van der Waals surface area contributed by atoms with E-state index in [1.54, 1.807) is 0 Å². The van der Waals surface area contributed by atoms with Crippen molar-refractivity contribution < 1.29 is 17.6 Å². The number of nitrogens with two attached hydrogens (primary N) is 1. The number of hydrogen-bond acceptors (Lipinski definition) is 4. The first-order chi connectivity index (χ1) is 9.79. The maximum atomic E-state index is 13.2. The number of halogens is 1. The molecule has 0 saturated heterocycles. The molecule has 0 aliphatic carbocycles. The number of nitrogens with one attached hydrogen (secondary N) is 2. The van der Waals surface area contributed by atoms with E-state index < -0.39 is 32.1 Å². The average molecular weight is 311 g/mol. The molecule has 0 aliphatic rings. The van der Waals surface area contributed by atoms with Gasteiger partial charge in [-0.3, -0.25) is 9.59 Å². The van der Waals surface area contributed by atoms with Crippen molar-refractivity contribution in [1.29, 1.82) is 0 Å². The van der Waals surface area contributed by atoms with Crippen molar-refractivity contribution in [3.8, 4) is 0 Å². The standard InChI is InChI=1S/C12H10FN3O4S/c13-7-1-2-11(21(14,19)20)9(5-7)16-12(18)8-6-15-4-3-10(8)17/h1-6H,(H,15,17)(H,16,18)(H2,14,19,20). The minimum Gasteiger partial charge on any atom is -0.367 e. The molecule has 2 rings (SSSR count). The van der Waals surface area contributed by atoms with Crippen molar-refractivity contribution in [2.45, 2.75) is 4.90 Å². The Kier molecular flexibility index (Phi) is 3.87. The molecule has 0 atom stereocenters. The van der Waals surface area contributed by atoms with E-state index in [-0.39, 0.29) is 11.3 Å². The van der Waals surface area contributed by atoms with Gasteiger partial charge in [0.25, 0.3) is 5.91 Å². The van der Waals surface area contributed by atoms with Crippen LogP contribution in [0, 0.1) is 5.82 Å². The fourth-order valence-electron chi connectivity index (χ4n) is 1.63. The molecule has 0 unspecified atom stereocenters. The normalized spacial score (nSPS) is 11.1. The minimum atomic E-state index is -4.16. The second-order valence-corrected chi connectivity index (χ2v) is 5.59. The van der Waals surface area contributed by atoms with Crippen molar-refractivity contribution in [3.05, 3.63) is 58.3 Å². The van der Waals surface area contributed by atoms with Crippen LogP contribution in [-0.2, 0) is 10.0 Å². The number of H-pyrrole nitrogens is 1. The van der Waals surface area contributed by atoms with Gasteiger partial charge in [-0.15, -0.1) is 0 Å². The van der Waals surface area contributed by atoms with E-state index in [4.69, 9.17) is 5.14 Å². The highest BCUT2D eigenvalue weighted by molar-refractivity contribution is 7.89. The van der Waals surface area contributed by atoms with Crippen molar-refractivity contribution in [3.63, 3.8) is 0 Å². The van der Waals surface area contributed by atoms with Gasteiger partial charge in [0.2, 0.25) is 10.0 Å². The van der Waals surface area contributed by atoms with Gasteiger partial charge >= 0.3 is 0 Å². The number of carbonyl (C=O) groups is 1. The van der Waals surface area contributed by atoms with E-state index in [9.17, 15) is 22.4 Å². The number of rotatable bonds is 3. The van der Waals surface area contributed by atoms with E-state index in [1.165, 1.54) is 6.20 Å². The predicted molar refractivity (Wildman–Crippen MR) is 72.8 cm³/mol. The number of anilines is 1. The maximum absolute atomic E-state index is 13.2. The molecule has 7 nitrogen and oxygen atoms in total. The first-order valence-electron chi connectivity index (χ1n) is 5.60. The number of pyridine rings is 1. The number of primary sulfonamides is 1. The van der Waals surface area contributed by atoms with Gasteiger partial charge in [0.15, 0.2) is 5.43 Å². The topological polar surface area (TPSA) is 122 Å². The van der Waals surface area contributed by atoms with Crippen LogP contribution in [0.15, 0.2) is 46.3 Å². The van der Waals surface area contributed by atoms with Gasteiger partial charge in [-0.1, -0.05) is 0 Å². The SMILES string of the molecule is NS(=O)(=O)c1ccc(F)cc1NC(=O)c1c[nH]ccc1=O. The lowest BCUT2D eigenvalue weighted by Gasteiger charge is -2.09. The molecule has 110 valence electrons. The van der Waals surface area contributed by atoms with E-state index in [2.05, 4.69) is 10.3 Å². The molecule has 0 spiro atoms. The van der Waals surface area contributed by atoms with Crippen LogP contribution in [0.25, 0.3) is 0 Å². The molecule has 9 heteroatoms. The number of sulfonamides is 1. The molecule has 0 fully saturated rings. The summed E-state index contributed by atoms with van der Waals surface area (Å²) < 4.78 is 36.0. The third-order valence-electron chi connectivity index (χ3n) is 2.57. The third-order valence-corrected chi connectivity index (χ3v) is 3.53. The summed E-state index contributed by atoms with van der Waals surface area (Å²) in [4.78, 5) is 25.5. The van der Waals surface area contributed by atoms with Crippen molar-refractivity contribution in [1.82, 2.24) is 4.98 Å². The summed E-state index contributed by atoms with van der Waals surface area (Å²) in [5.41, 5.74) is -1.16. The molecule has 0 bridgehead atoms. The minimum absolute atomic E-state index is 0.248. The Bertz CT molecular complexity index is 861. The number of aromatic nitrogens is 1. The summed E-state index contributed by atoms with van der Waals surface area (Å²) in [5, 5.41) is 7.14. The van der Waals surface area contributed by atoms with Crippen molar-refractivity contribution >= 4 is 21.6 Å². The Morgan fingerprint density at radius 2 is 2.00 bits per heavy atom. The van der Waals surface area contributed by atoms with E-state index in [1.807, 2.05) is 0 Å². The molecular weight excluding hydrogens is 301 g/mol. The Morgan fingerprint density at radius 1 is 1.29 bits per heavy atom. The highest BCUT2D eigenvalue weighted by atomic mass is 32.2. The van der Waals surface area contributed by atoms with Crippen LogP contribution in [0.5, 0.6) is 0 Å². The van der Waals surface area contributed by atoms with Gasteiger partial charge in [0.05, 0.1) is 5.69 Å². The van der Waals surface area contributed by atoms with Crippen molar-refractivity contribution in [2.75, 3.05) is 5.32 Å². The Morgan fingerprint density at radius 3 is 2.62 bits per heavy atom. The number of carbonyl (C=O) groups excluding carboxylic acids is 1. The highest BCUT2D eigenvalue weighted by Crippen LogP contribution is 2.21. The monoisotopic (exact) mass is 311 g/mol. The largest absolute Gasteiger partial charge is 0.367 e. The second kappa shape index (κ2) is 5.46. The lowest BCUT2D eigenvalue weighted by Crippen LogP contribution is -2.23. The van der Waals surface area contributed by atoms with Gasteiger partial charge < -0.3 is 10.3 Å². The molecule has 0 aliphatic heterocycles. The van der Waals surface area contributed by atoms with Crippen LogP contribution in [0.1, 0.15) is 10.4 Å². The summed E-state index contributed by atoms with van der Waals surface area (Å²) in [7, 11) is -4.16. The maximum Gasteiger partial charge on any atom is 0.261 e. The van der Waals surface area contributed by atoms with Gasteiger partial charge in [0.1, 0.15) is 16.3 Å². The fraction of sp³-hybridized carbons (Fsp3) is 0.